The van der Waals surface area contributed by atoms with Gasteiger partial charge in [-0.2, -0.15) is 8.42 Å². The van der Waals surface area contributed by atoms with Crippen molar-refractivity contribution < 1.29 is 22.1 Å². The fourth-order valence-electron chi connectivity index (χ4n) is 3.72. The van der Waals surface area contributed by atoms with Crippen LogP contribution in [0.2, 0.25) is 0 Å². The van der Waals surface area contributed by atoms with Crippen molar-refractivity contribution in [3.05, 3.63) is 12.7 Å². The van der Waals surface area contributed by atoms with Gasteiger partial charge >= 0.3 is 5.97 Å². The fraction of sp³-hybridized carbons (Fsp3) is 0.727. The van der Waals surface area contributed by atoms with Crippen LogP contribution in [0.25, 0.3) is 0 Å². The molecule has 3 aliphatic rings. The Morgan fingerprint density at radius 1 is 1.53 bits per heavy atom. The van der Waals surface area contributed by atoms with Gasteiger partial charge in [-0.3, -0.25) is 4.18 Å². The molecule has 2 bridgehead atoms. The molecule has 0 aromatic rings. The van der Waals surface area contributed by atoms with Crippen LogP contribution in [0.1, 0.15) is 19.8 Å². The first kappa shape index (κ1) is 11.2. The number of hydrogen-bond donors (Lipinski definition) is 0. The third kappa shape index (κ3) is 1.28. The second-order valence-electron chi connectivity index (χ2n) is 5.19. The van der Waals surface area contributed by atoms with Crippen LogP contribution in [-0.2, 0) is 23.8 Å². The number of ether oxygens (including phenoxy) is 1. The number of carbonyl (C=O) groups is 1. The molecule has 3 fully saturated rings. The summed E-state index contributed by atoms with van der Waals surface area (Å²) in [6.45, 7) is 5.04. The molecule has 0 spiro atoms. The molecule has 0 amide bonds. The maximum absolute atomic E-state index is 11.9. The van der Waals surface area contributed by atoms with Crippen LogP contribution >= 0.6 is 0 Å². The molecule has 3 rings (SSSR count). The molecule has 0 N–H and O–H groups in total. The minimum atomic E-state index is -3.60. The molecule has 1 aliphatic heterocycles. The van der Waals surface area contributed by atoms with E-state index in [9.17, 15) is 13.2 Å². The molecular weight excluding hydrogens is 244 g/mol. The average Bonchev–Trinajstić information content (AvgIpc) is 2.76. The van der Waals surface area contributed by atoms with E-state index in [0.29, 0.717) is 6.42 Å². The number of esters is 1. The monoisotopic (exact) mass is 258 g/mol. The summed E-state index contributed by atoms with van der Waals surface area (Å²) in [5, 5.41) is -0.706. The summed E-state index contributed by atoms with van der Waals surface area (Å²) < 4.78 is 34.3. The summed E-state index contributed by atoms with van der Waals surface area (Å²) in [6, 6.07) is 0. The minimum absolute atomic E-state index is 0.0207. The third-order valence-corrected chi connectivity index (χ3v) is 6.33. The van der Waals surface area contributed by atoms with Crippen molar-refractivity contribution in [1.29, 1.82) is 0 Å². The molecule has 6 heteroatoms. The van der Waals surface area contributed by atoms with E-state index in [4.69, 9.17) is 8.92 Å². The Balaban J connectivity index is 2.01. The molecular formula is C11H14O5S. The van der Waals surface area contributed by atoms with E-state index in [0.717, 1.165) is 12.5 Å². The van der Waals surface area contributed by atoms with Crippen LogP contribution in [0.4, 0.5) is 0 Å². The van der Waals surface area contributed by atoms with E-state index in [-0.39, 0.29) is 17.9 Å². The van der Waals surface area contributed by atoms with E-state index >= 15 is 0 Å². The molecule has 1 heterocycles. The Hall–Kier alpha value is -0.880. The summed E-state index contributed by atoms with van der Waals surface area (Å²) in [4.78, 5) is 11.4. The van der Waals surface area contributed by atoms with Crippen LogP contribution in [0.5, 0.6) is 0 Å². The number of carbonyl (C=O) groups excluding carboxylic acids is 1. The molecule has 1 saturated heterocycles. The molecule has 94 valence electrons. The zero-order valence-electron chi connectivity index (χ0n) is 9.46. The average molecular weight is 258 g/mol. The SMILES string of the molecule is C=CC(=O)OC1(C)C2CC3OS(=O)(=O)C1C3C2. The normalized spacial score (nSPS) is 49.2. The van der Waals surface area contributed by atoms with Crippen molar-refractivity contribution >= 4 is 16.1 Å². The lowest BCUT2D eigenvalue weighted by atomic mass is 9.84. The highest BCUT2D eigenvalue weighted by Crippen LogP contribution is 2.60. The van der Waals surface area contributed by atoms with Crippen molar-refractivity contribution in [2.24, 2.45) is 11.8 Å². The van der Waals surface area contributed by atoms with Crippen molar-refractivity contribution in [3.63, 3.8) is 0 Å². The third-order valence-electron chi connectivity index (χ3n) is 4.37. The molecule has 5 unspecified atom stereocenters. The van der Waals surface area contributed by atoms with E-state index < -0.39 is 26.9 Å². The molecule has 2 saturated carbocycles. The van der Waals surface area contributed by atoms with Crippen LogP contribution in [0, 0.1) is 11.8 Å². The van der Waals surface area contributed by atoms with Crippen LogP contribution in [0.3, 0.4) is 0 Å². The van der Waals surface area contributed by atoms with Gasteiger partial charge in [0.25, 0.3) is 10.1 Å². The fourth-order valence-corrected chi connectivity index (χ4v) is 5.93. The van der Waals surface area contributed by atoms with Crippen molar-refractivity contribution in [2.45, 2.75) is 36.7 Å². The van der Waals surface area contributed by atoms with E-state index in [1.165, 1.54) is 0 Å². The van der Waals surface area contributed by atoms with Gasteiger partial charge in [-0.25, -0.2) is 4.79 Å². The molecule has 0 aromatic heterocycles. The van der Waals surface area contributed by atoms with Crippen molar-refractivity contribution in [1.82, 2.24) is 0 Å². The summed E-state index contributed by atoms with van der Waals surface area (Å²) in [5.41, 5.74) is -0.957. The zero-order chi connectivity index (χ0) is 12.4. The maximum Gasteiger partial charge on any atom is 0.330 e. The number of rotatable bonds is 2. The van der Waals surface area contributed by atoms with Gasteiger partial charge in [0, 0.05) is 17.9 Å². The highest BCUT2D eigenvalue weighted by molar-refractivity contribution is 7.87. The van der Waals surface area contributed by atoms with Gasteiger partial charge in [0.15, 0.2) is 0 Å². The topological polar surface area (TPSA) is 69.7 Å². The lowest BCUT2D eigenvalue weighted by Gasteiger charge is -2.35. The second kappa shape index (κ2) is 3.11. The quantitative estimate of drug-likeness (QED) is 0.412. The van der Waals surface area contributed by atoms with Gasteiger partial charge in [0.05, 0.1) is 6.10 Å². The summed E-state index contributed by atoms with van der Waals surface area (Å²) in [5.74, 6) is -0.519. The first-order chi connectivity index (χ1) is 7.88. The Morgan fingerprint density at radius 3 is 2.88 bits per heavy atom. The Kier molecular flexibility index (Phi) is 2.06. The summed E-state index contributed by atoms with van der Waals surface area (Å²) >= 11 is 0. The number of hydrogen-bond acceptors (Lipinski definition) is 5. The highest BCUT2D eigenvalue weighted by atomic mass is 32.2. The smallest absolute Gasteiger partial charge is 0.330 e. The predicted octanol–water partition coefficient (Wildman–Crippen LogP) is 0.611. The molecule has 17 heavy (non-hydrogen) atoms. The lowest BCUT2D eigenvalue weighted by Crippen LogP contribution is -2.49. The van der Waals surface area contributed by atoms with Gasteiger partial charge in [-0.05, 0) is 19.8 Å². The minimum Gasteiger partial charge on any atom is -0.454 e. The van der Waals surface area contributed by atoms with Crippen LogP contribution < -0.4 is 0 Å². The summed E-state index contributed by atoms with van der Waals surface area (Å²) in [7, 11) is -3.60. The standard InChI is InChI=1S/C11H14O5S/c1-3-9(12)15-11(2)6-4-7-8(5-6)16-17(13,14)10(7)11/h3,6-8,10H,1,4-5H2,2H3. The van der Waals surface area contributed by atoms with Gasteiger partial charge < -0.3 is 4.74 Å². The Bertz CT molecular complexity index is 494. The van der Waals surface area contributed by atoms with Crippen molar-refractivity contribution in [2.75, 3.05) is 0 Å². The molecule has 5 nitrogen and oxygen atoms in total. The molecule has 0 radical (unpaired) electrons. The summed E-state index contributed by atoms with van der Waals surface area (Å²) in [6.07, 6.45) is 2.28. The molecule has 5 atom stereocenters. The van der Waals surface area contributed by atoms with Gasteiger partial charge in [0.1, 0.15) is 10.9 Å². The van der Waals surface area contributed by atoms with Crippen molar-refractivity contribution in [3.8, 4) is 0 Å². The zero-order valence-corrected chi connectivity index (χ0v) is 10.3. The Morgan fingerprint density at radius 2 is 2.24 bits per heavy atom. The highest BCUT2D eigenvalue weighted by Gasteiger charge is 2.71. The Labute approximate surface area is 99.9 Å². The number of fused-ring (bicyclic) bond motifs is 1. The van der Waals surface area contributed by atoms with E-state index in [1.807, 2.05) is 0 Å². The van der Waals surface area contributed by atoms with Crippen LogP contribution in [-0.4, -0.2) is 31.3 Å². The first-order valence-electron chi connectivity index (χ1n) is 5.66. The maximum atomic E-state index is 11.9. The second-order valence-corrected chi connectivity index (χ2v) is 6.88. The first-order valence-corrected chi connectivity index (χ1v) is 7.13. The lowest BCUT2D eigenvalue weighted by molar-refractivity contribution is -0.156. The largest absolute Gasteiger partial charge is 0.454 e. The van der Waals surface area contributed by atoms with Gasteiger partial charge in [0.2, 0.25) is 0 Å². The van der Waals surface area contributed by atoms with Gasteiger partial charge in [-0.15, -0.1) is 0 Å². The van der Waals surface area contributed by atoms with Crippen LogP contribution in [0.15, 0.2) is 12.7 Å². The van der Waals surface area contributed by atoms with E-state index in [2.05, 4.69) is 6.58 Å². The molecule has 0 aromatic carbocycles. The molecule has 2 aliphatic carbocycles. The van der Waals surface area contributed by atoms with E-state index in [1.54, 1.807) is 6.92 Å². The predicted molar refractivity (Wildman–Crippen MR) is 58.5 cm³/mol. The van der Waals surface area contributed by atoms with Gasteiger partial charge in [-0.1, -0.05) is 6.58 Å².